The highest BCUT2D eigenvalue weighted by atomic mass is 19.1. The van der Waals surface area contributed by atoms with Crippen molar-refractivity contribution in [3.05, 3.63) is 35.6 Å². The Labute approximate surface area is 156 Å². The second-order valence-electron chi connectivity index (χ2n) is 7.51. The molecule has 1 aromatic carbocycles. The number of benzene rings is 1. The Hall–Kier alpha value is -1.46. The number of amides is 1. The zero-order valence-corrected chi connectivity index (χ0v) is 15.9. The molecule has 1 aliphatic heterocycles. The number of nitrogens with zero attached hydrogens (tertiary/aromatic N) is 1. The van der Waals surface area contributed by atoms with Crippen molar-refractivity contribution >= 4 is 5.91 Å². The molecule has 3 unspecified atom stereocenters. The van der Waals surface area contributed by atoms with Gasteiger partial charge in [0.05, 0.1) is 13.2 Å². The molecular weight excluding hydrogens is 331 g/mol. The van der Waals surface area contributed by atoms with Gasteiger partial charge in [0.25, 0.3) is 0 Å². The first-order valence-electron chi connectivity index (χ1n) is 9.99. The summed E-state index contributed by atoms with van der Waals surface area (Å²) in [5.41, 5.74) is 0.678. The third-order valence-electron chi connectivity index (χ3n) is 6.02. The van der Waals surface area contributed by atoms with Gasteiger partial charge in [0, 0.05) is 31.6 Å². The summed E-state index contributed by atoms with van der Waals surface area (Å²) in [4.78, 5) is 15.1. The van der Waals surface area contributed by atoms with Crippen LogP contribution in [-0.4, -0.2) is 49.7 Å². The van der Waals surface area contributed by atoms with Gasteiger partial charge >= 0.3 is 0 Å². The van der Waals surface area contributed by atoms with Crippen LogP contribution in [0.4, 0.5) is 4.39 Å². The highest BCUT2D eigenvalue weighted by Gasteiger charge is 2.45. The molecule has 0 radical (unpaired) electrons. The zero-order valence-electron chi connectivity index (χ0n) is 15.9. The van der Waals surface area contributed by atoms with Crippen LogP contribution in [-0.2, 0) is 9.53 Å². The van der Waals surface area contributed by atoms with E-state index in [1.807, 2.05) is 6.07 Å². The lowest BCUT2D eigenvalue weighted by molar-refractivity contribution is -0.122. The maximum Gasteiger partial charge on any atom is 0.223 e. The molecule has 1 saturated heterocycles. The molecule has 5 heteroatoms. The number of morpholine rings is 1. The maximum absolute atomic E-state index is 13.9. The molecule has 3 atom stereocenters. The Morgan fingerprint density at radius 2 is 1.96 bits per heavy atom. The number of halogens is 1. The zero-order chi connectivity index (χ0) is 18.5. The summed E-state index contributed by atoms with van der Waals surface area (Å²) in [5, 5.41) is 3.17. The number of carbonyl (C=O) groups excluding carboxylic acids is 1. The van der Waals surface area contributed by atoms with Gasteiger partial charge in [-0.25, -0.2) is 4.39 Å². The Balaban J connectivity index is 1.57. The minimum Gasteiger partial charge on any atom is -0.379 e. The highest BCUT2D eigenvalue weighted by molar-refractivity contribution is 5.82. The molecule has 2 aliphatic rings. The van der Waals surface area contributed by atoms with Crippen LogP contribution in [0.3, 0.4) is 0 Å². The molecule has 0 aromatic heterocycles. The molecule has 0 spiro atoms. The molecule has 4 nitrogen and oxygen atoms in total. The second kappa shape index (κ2) is 8.96. The lowest BCUT2D eigenvalue weighted by Crippen LogP contribution is -2.52. The van der Waals surface area contributed by atoms with Crippen LogP contribution < -0.4 is 5.32 Å². The Kier molecular flexibility index (Phi) is 6.65. The molecule has 0 bridgehead atoms. The molecule has 1 N–H and O–H groups in total. The van der Waals surface area contributed by atoms with Crippen molar-refractivity contribution in [2.75, 3.05) is 32.8 Å². The average molecular weight is 362 g/mol. The molecule has 1 aromatic rings. The third-order valence-corrected chi connectivity index (χ3v) is 6.02. The third kappa shape index (κ3) is 4.44. The number of nitrogens with one attached hydrogen (secondary N) is 1. The first kappa shape index (κ1) is 19.3. The normalized spacial score (nSPS) is 24.5. The van der Waals surface area contributed by atoms with Crippen LogP contribution >= 0.6 is 0 Å². The van der Waals surface area contributed by atoms with Crippen molar-refractivity contribution in [2.45, 2.75) is 45.1 Å². The first-order valence-corrected chi connectivity index (χ1v) is 9.99. The van der Waals surface area contributed by atoms with Gasteiger partial charge < -0.3 is 10.1 Å². The molecule has 26 heavy (non-hydrogen) atoms. The predicted molar refractivity (Wildman–Crippen MR) is 101 cm³/mol. The van der Waals surface area contributed by atoms with E-state index in [2.05, 4.69) is 24.1 Å². The smallest absolute Gasteiger partial charge is 0.223 e. The molecule has 1 aliphatic carbocycles. The average Bonchev–Trinajstić information content (AvgIpc) is 3.46. The minimum absolute atomic E-state index is 0.0335. The second-order valence-corrected chi connectivity index (χ2v) is 7.51. The lowest BCUT2D eigenvalue weighted by atomic mass is 9.92. The van der Waals surface area contributed by atoms with Crippen LogP contribution in [0.5, 0.6) is 0 Å². The van der Waals surface area contributed by atoms with Crippen molar-refractivity contribution in [3.8, 4) is 0 Å². The van der Waals surface area contributed by atoms with Crippen LogP contribution in [0.1, 0.15) is 44.6 Å². The minimum atomic E-state index is -0.198. The summed E-state index contributed by atoms with van der Waals surface area (Å²) in [6.07, 6.45) is 2.96. The fraction of sp³-hybridized carbons (Fsp3) is 0.667. The van der Waals surface area contributed by atoms with E-state index in [4.69, 9.17) is 4.74 Å². The molecular formula is C21H31FN2O2. The van der Waals surface area contributed by atoms with Crippen molar-refractivity contribution < 1.29 is 13.9 Å². The van der Waals surface area contributed by atoms with Crippen molar-refractivity contribution in [2.24, 2.45) is 11.8 Å². The predicted octanol–water partition coefficient (Wildman–Crippen LogP) is 3.18. The van der Waals surface area contributed by atoms with Crippen LogP contribution in [0, 0.1) is 17.7 Å². The van der Waals surface area contributed by atoms with Gasteiger partial charge in [-0.05, 0) is 29.9 Å². The lowest BCUT2D eigenvalue weighted by Gasteiger charge is -2.38. The number of hydrogen-bond acceptors (Lipinski definition) is 3. The number of carbonyl (C=O) groups is 1. The molecule has 1 heterocycles. The Bertz CT molecular complexity index is 599. The fourth-order valence-electron chi connectivity index (χ4n) is 4.28. The van der Waals surface area contributed by atoms with Gasteiger partial charge in [-0.1, -0.05) is 44.9 Å². The molecule has 2 fully saturated rings. The van der Waals surface area contributed by atoms with Crippen molar-refractivity contribution in [3.63, 3.8) is 0 Å². The summed E-state index contributed by atoms with van der Waals surface area (Å²) in [5.74, 6) is 0.388. The van der Waals surface area contributed by atoms with Crippen molar-refractivity contribution in [1.29, 1.82) is 0 Å². The van der Waals surface area contributed by atoms with E-state index in [9.17, 15) is 9.18 Å². The van der Waals surface area contributed by atoms with Gasteiger partial charge in [-0.3, -0.25) is 9.69 Å². The van der Waals surface area contributed by atoms with Gasteiger partial charge in [0.2, 0.25) is 5.91 Å². The highest BCUT2D eigenvalue weighted by Crippen LogP contribution is 2.48. The van der Waals surface area contributed by atoms with E-state index in [1.165, 1.54) is 6.07 Å². The van der Waals surface area contributed by atoms with Crippen LogP contribution in [0.2, 0.25) is 0 Å². The van der Waals surface area contributed by atoms with E-state index in [1.54, 1.807) is 12.1 Å². The number of ether oxygens (including phenoxy) is 1. The first-order chi connectivity index (χ1) is 12.7. The van der Waals surface area contributed by atoms with E-state index >= 15 is 0 Å². The standard InChI is InChI=1S/C21H31FN2O2/c1-3-15(4-2)20(24-9-11-26-12-10-24)14-23-21(25)18-13-17(18)16-7-5-6-8-19(16)22/h5-8,15,17-18,20H,3-4,9-14H2,1-2H3,(H,23,25). The van der Waals surface area contributed by atoms with E-state index in [0.29, 0.717) is 24.1 Å². The summed E-state index contributed by atoms with van der Waals surface area (Å²) < 4.78 is 19.4. The fourth-order valence-corrected chi connectivity index (χ4v) is 4.28. The quantitative estimate of drug-likeness (QED) is 0.772. The summed E-state index contributed by atoms with van der Waals surface area (Å²) in [7, 11) is 0. The maximum atomic E-state index is 13.9. The summed E-state index contributed by atoms with van der Waals surface area (Å²) >= 11 is 0. The van der Waals surface area contributed by atoms with Crippen LogP contribution in [0.25, 0.3) is 0 Å². The van der Waals surface area contributed by atoms with E-state index in [0.717, 1.165) is 45.6 Å². The molecule has 1 amide bonds. The molecule has 144 valence electrons. The van der Waals surface area contributed by atoms with Gasteiger partial charge in [0.15, 0.2) is 0 Å². The number of rotatable bonds is 8. The van der Waals surface area contributed by atoms with Gasteiger partial charge in [-0.15, -0.1) is 0 Å². The monoisotopic (exact) mass is 362 g/mol. The summed E-state index contributed by atoms with van der Waals surface area (Å²) in [6.45, 7) is 8.50. The number of hydrogen-bond donors (Lipinski definition) is 1. The Morgan fingerprint density at radius 1 is 1.27 bits per heavy atom. The van der Waals surface area contributed by atoms with Crippen molar-refractivity contribution in [1.82, 2.24) is 10.2 Å². The van der Waals surface area contributed by atoms with Crippen LogP contribution in [0.15, 0.2) is 24.3 Å². The SMILES string of the molecule is CCC(CC)C(CNC(=O)C1CC1c1ccccc1F)N1CCOCC1. The largest absolute Gasteiger partial charge is 0.379 e. The molecule has 1 saturated carbocycles. The topological polar surface area (TPSA) is 41.6 Å². The van der Waals surface area contributed by atoms with E-state index < -0.39 is 0 Å². The summed E-state index contributed by atoms with van der Waals surface area (Å²) in [6, 6.07) is 7.16. The van der Waals surface area contributed by atoms with Gasteiger partial charge in [0.1, 0.15) is 5.82 Å². The molecule has 3 rings (SSSR count). The van der Waals surface area contributed by atoms with Gasteiger partial charge in [-0.2, -0.15) is 0 Å². The van der Waals surface area contributed by atoms with E-state index in [-0.39, 0.29) is 23.6 Å². The Morgan fingerprint density at radius 3 is 2.62 bits per heavy atom.